The van der Waals surface area contributed by atoms with Crippen molar-refractivity contribution in [2.45, 2.75) is 10.2 Å². The Morgan fingerprint density at radius 2 is 2.22 bits per heavy atom. The maximum absolute atomic E-state index is 11.2. The average molecular weight is 277 g/mol. The van der Waals surface area contributed by atoms with Crippen LogP contribution in [0, 0.1) is 0 Å². The van der Waals surface area contributed by atoms with Crippen LogP contribution in [0.25, 0.3) is 10.2 Å². The third-order valence-corrected chi connectivity index (χ3v) is 3.86. The van der Waals surface area contributed by atoms with Crippen LogP contribution in [0.1, 0.15) is 0 Å². The summed E-state index contributed by atoms with van der Waals surface area (Å²) in [5.74, 6) is 0.214. The fourth-order valence-corrected chi connectivity index (χ4v) is 3.11. The molecular weight excluding hydrogens is 270 g/mol. The Labute approximate surface area is 109 Å². The van der Waals surface area contributed by atoms with E-state index in [1.165, 1.54) is 35.4 Å². The van der Waals surface area contributed by atoms with E-state index in [9.17, 15) is 4.79 Å². The zero-order chi connectivity index (χ0) is 12.5. The van der Waals surface area contributed by atoms with Gasteiger partial charge in [0.2, 0.25) is 5.95 Å². The number of thiophene rings is 1. The maximum atomic E-state index is 11.2. The van der Waals surface area contributed by atoms with Gasteiger partial charge in [-0.1, -0.05) is 0 Å². The molecule has 3 N–H and O–H groups in total. The van der Waals surface area contributed by atoms with E-state index in [0.717, 1.165) is 10.2 Å². The molecule has 0 radical (unpaired) electrons. The molecule has 0 aromatic carbocycles. The van der Waals surface area contributed by atoms with Crippen molar-refractivity contribution in [1.82, 2.24) is 19.9 Å². The number of hydrogen-bond acceptors (Lipinski definition) is 7. The van der Waals surface area contributed by atoms with Gasteiger partial charge in [0.25, 0.3) is 5.56 Å². The average Bonchev–Trinajstić information content (AvgIpc) is 2.77. The topological polar surface area (TPSA) is 97.5 Å². The van der Waals surface area contributed by atoms with Crippen LogP contribution in [0.2, 0.25) is 0 Å². The van der Waals surface area contributed by atoms with Crippen molar-refractivity contribution in [3.05, 3.63) is 34.1 Å². The number of nitrogens with one attached hydrogen (secondary N) is 1. The summed E-state index contributed by atoms with van der Waals surface area (Å²) in [6, 6.07) is 3.28. The van der Waals surface area contributed by atoms with Crippen molar-refractivity contribution in [2.24, 2.45) is 0 Å². The van der Waals surface area contributed by atoms with Gasteiger partial charge in [-0.15, -0.1) is 11.3 Å². The number of fused-ring (bicyclic) bond motifs is 1. The van der Waals surface area contributed by atoms with Crippen molar-refractivity contribution < 1.29 is 0 Å². The SMILES string of the molecule is Nc1nc(Sc2nccc(=O)[nH]2)c2ccsc2n1. The van der Waals surface area contributed by atoms with Gasteiger partial charge in [-0.3, -0.25) is 4.79 Å². The molecule has 0 aliphatic rings. The first-order chi connectivity index (χ1) is 8.72. The summed E-state index contributed by atoms with van der Waals surface area (Å²) in [6.45, 7) is 0. The summed E-state index contributed by atoms with van der Waals surface area (Å²) in [4.78, 5) is 27.0. The first-order valence-corrected chi connectivity index (χ1v) is 6.66. The molecule has 0 bridgehead atoms. The second kappa shape index (κ2) is 4.39. The minimum Gasteiger partial charge on any atom is -0.368 e. The van der Waals surface area contributed by atoms with Gasteiger partial charge < -0.3 is 10.7 Å². The van der Waals surface area contributed by atoms with E-state index in [-0.39, 0.29) is 11.5 Å². The van der Waals surface area contributed by atoms with Crippen molar-refractivity contribution in [3.63, 3.8) is 0 Å². The van der Waals surface area contributed by atoms with Crippen molar-refractivity contribution in [2.75, 3.05) is 5.73 Å². The minimum atomic E-state index is -0.198. The molecule has 0 fully saturated rings. The number of nitrogens with zero attached hydrogens (tertiary/aromatic N) is 3. The summed E-state index contributed by atoms with van der Waals surface area (Å²) < 4.78 is 0. The smallest absolute Gasteiger partial charge is 0.251 e. The minimum absolute atomic E-state index is 0.198. The number of rotatable bonds is 2. The Morgan fingerprint density at radius 3 is 3.06 bits per heavy atom. The van der Waals surface area contributed by atoms with Crippen LogP contribution in [-0.4, -0.2) is 19.9 Å². The van der Waals surface area contributed by atoms with Gasteiger partial charge in [0.15, 0.2) is 5.16 Å². The van der Waals surface area contributed by atoms with Crippen LogP contribution in [0.3, 0.4) is 0 Å². The molecule has 0 saturated heterocycles. The zero-order valence-corrected chi connectivity index (χ0v) is 10.6. The fraction of sp³-hybridized carbons (Fsp3) is 0. The van der Waals surface area contributed by atoms with E-state index in [2.05, 4.69) is 19.9 Å². The van der Waals surface area contributed by atoms with Gasteiger partial charge in [-0.05, 0) is 23.2 Å². The zero-order valence-electron chi connectivity index (χ0n) is 8.95. The van der Waals surface area contributed by atoms with Crippen LogP contribution < -0.4 is 11.3 Å². The van der Waals surface area contributed by atoms with Crippen LogP contribution >= 0.6 is 23.1 Å². The number of H-pyrrole nitrogens is 1. The highest BCUT2D eigenvalue weighted by atomic mass is 32.2. The Bertz CT molecular complexity index is 766. The van der Waals surface area contributed by atoms with Crippen molar-refractivity contribution in [3.8, 4) is 0 Å². The lowest BCUT2D eigenvalue weighted by atomic mass is 10.4. The molecule has 0 aliphatic carbocycles. The highest BCUT2D eigenvalue weighted by Crippen LogP contribution is 2.31. The van der Waals surface area contributed by atoms with E-state index in [0.29, 0.717) is 10.2 Å². The molecule has 90 valence electrons. The predicted octanol–water partition coefficient (Wildman–Crippen LogP) is 1.51. The Morgan fingerprint density at radius 1 is 1.33 bits per heavy atom. The highest BCUT2D eigenvalue weighted by Gasteiger charge is 2.10. The molecule has 0 saturated carbocycles. The van der Waals surface area contributed by atoms with Crippen LogP contribution in [-0.2, 0) is 0 Å². The molecule has 6 nitrogen and oxygen atoms in total. The lowest BCUT2D eigenvalue weighted by Crippen LogP contribution is -2.05. The third-order valence-electron chi connectivity index (χ3n) is 2.15. The molecule has 0 spiro atoms. The van der Waals surface area contributed by atoms with E-state index in [1.54, 1.807) is 0 Å². The lowest BCUT2D eigenvalue weighted by molar-refractivity contribution is 0.933. The first kappa shape index (κ1) is 11.2. The van der Waals surface area contributed by atoms with Crippen LogP contribution in [0.15, 0.2) is 38.7 Å². The molecule has 0 aliphatic heterocycles. The number of nitrogen functional groups attached to an aromatic ring is 1. The van der Waals surface area contributed by atoms with Gasteiger partial charge in [0.05, 0.1) is 0 Å². The van der Waals surface area contributed by atoms with Gasteiger partial charge >= 0.3 is 0 Å². The third kappa shape index (κ3) is 2.07. The van der Waals surface area contributed by atoms with Crippen molar-refractivity contribution in [1.29, 1.82) is 0 Å². The predicted molar refractivity (Wildman–Crippen MR) is 70.8 cm³/mol. The number of aromatic amines is 1. The largest absolute Gasteiger partial charge is 0.368 e. The quantitative estimate of drug-likeness (QED) is 0.544. The monoisotopic (exact) mass is 277 g/mol. The Hall–Kier alpha value is -1.93. The first-order valence-electron chi connectivity index (χ1n) is 4.96. The van der Waals surface area contributed by atoms with Gasteiger partial charge in [-0.25, -0.2) is 15.0 Å². The Balaban J connectivity index is 2.09. The van der Waals surface area contributed by atoms with E-state index in [4.69, 9.17) is 5.73 Å². The molecule has 3 rings (SSSR count). The fourth-order valence-electron chi connectivity index (χ4n) is 1.42. The Kier molecular flexibility index (Phi) is 2.73. The number of hydrogen-bond donors (Lipinski definition) is 2. The summed E-state index contributed by atoms with van der Waals surface area (Å²) >= 11 is 2.75. The lowest BCUT2D eigenvalue weighted by Gasteiger charge is -2.02. The molecular formula is C10H7N5OS2. The highest BCUT2D eigenvalue weighted by molar-refractivity contribution is 7.99. The summed E-state index contributed by atoms with van der Waals surface area (Å²) in [5.41, 5.74) is 5.45. The second-order valence-corrected chi connectivity index (χ2v) is 5.24. The van der Waals surface area contributed by atoms with Gasteiger partial charge in [-0.2, -0.15) is 0 Å². The van der Waals surface area contributed by atoms with Crippen molar-refractivity contribution >= 4 is 39.3 Å². The molecule has 0 amide bonds. The molecule has 8 heteroatoms. The molecule has 3 aromatic heterocycles. The summed E-state index contributed by atoms with van der Waals surface area (Å²) in [5, 5.41) is 4.00. The van der Waals surface area contributed by atoms with Crippen LogP contribution in [0.5, 0.6) is 0 Å². The number of nitrogens with two attached hydrogens (primary N) is 1. The molecule has 0 unspecified atom stereocenters. The van der Waals surface area contributed by atoms with Gasteiger partial charge in [0.1, 0.15) is 9.86 Å². The summed E-state index contributed by atoms with van der Waals surface area (Å²) in [6.07, 6.45) is 1.45. The second-order valence-electron chi connectivity index (χ2n) is 3.37. The molecule has 3 aromatic rings. The maximum Gasteiger partial charge on any atom is 0.251 e. The van der Waals surface area contributed by atoms with E-state index >= 15 is 0 Å². The molecule has 0 atom stereocenters. The van der Waals surface area contributed by atoms with Gasteiger partial charge in [0, 0.05) is 17.6 Å². The number of aromatic nitrogens is 4. The van der Waals surface area contributed by atoms with E-state index < -0.39 is 0 Å². The standard InChI is InChI=1S/C10H7N5OS2/c11-9-14-7-5(2-4-17-7)8(15-9)18-10-12-3-1-6(16)13-10/h1-4H,(H2,11,14,15)(H,12,13,16). The normalized spacial score (nSPS) is 10.9. The van der Waals surface area contributed by atoms with Crippen LogP contribution in [0.4, 0.5) is 5.95 Å². The van der Waals surface area contributed by atoms with E-state index in [1.807, 2.05) is 11.4 Å². The molecule has 3 heterocycles. The molecule has 18 heavy (non-hydrogen) atoms. The number of anilines is 1. The summed E-state index contributed by atoms with van der Waals surface area (Å²) in [7, 11) is 0.